The molecule has 0 aromatic heterocycles. The van der Waals surface area contributed by atoms with Crippen LogP contribution in [0.4, 0.5) is 0 Å². The number of hydrogen-bond donors (Lipinski definition) is 1. The van der Waals surface area contributed by atoms with Gasteiger partial charge in [-0.2, -0.15) is 0 Å². The molecule has 6 heteroatoms. The summed E-state index contributed by atoms with van der Waals surface area (Å²) in [5, 5.41) is 3.13. The molecule has 0 aliphatic rings. The Bertz CT molecular complexity index is 880. The molecule has 0 radical (unpaired) electrons. The number of rotatable bonds is 11. The maximum absolute atomic E-state index is 13.9. The molecule has 0 spiro atoms. The molecule has 2 amide bonds. The lowest BCUT2D eigenvalue weighted by molar-refractivity contribution is -0.142. The van der Waals surface area contributed by atoms with E-state index in [4.69, 9.17) is 4.74 Å². The average Bonchev–Trinajstić information content (AvgIpc) is 2.81. The zero-order chi connectivity index (χ0) is 27.0. The number of ether oxygens (including phenoxy) is 1. The highest BCUT2D eigenvalue weighted by Gasteiger charge is 2.42. The summed E-state index contributed by atoms with van der Waals surface area (Å²) in [4.78, 5) is 41.5. The van der Waals surface area contributed by atoms with Crippen LogP contribution in [0.3, 0.4) is 0 Å². The zero-order valence-electron chi connectivity index (χ0n) is 23.4. The van der Waals surface area contributed by atoms with Crippen molar-refractivity contribution >= 4 is 17.8 Å². The highest BCUT2D eigenvalue weighted by atomic mass is 16.5. The van der Waals surface area contributed by atoms with Crippen LogP contribution in [0.5, 0.6) is 0 Å². The van der Waals surface area contributed by atoms with Crippen LogP contribution < -0.4 is 5.32 Å². The van der Waals surface area contributed by atoms with Gasteiger partial charge in [0.1, 0.15) is 6.04 Å². The largest absolute Gasteiger partial charge is 0.463 e. The Morgan fingerprint density at radius 3 is 2.00 bits per heavy atom. The van der Waals surface area contributed by atoms with Crippen molar-refractivity contribution < 1.29 is 19.1 Å². The summed E-state index contributed by atoms with van der Waals surface area (Å²) in [7, 11) is 1.73. The Hall–Kier alpha value is -2.63. The Balaban J connectivity index is 3.35. The van der Waals surface area contributed by atoms with E-state index in [0.29, 0.717) is 25.0 Å². The standard InChI is InChI=1S/C29H46N2O4/c1-11-29(12-2,22-17-15-14-16-18-22)27(34)30-24(28(7,8)9)25(32)31(10)23(20(4)5)19-21(6)26(33)35-13-3/h14-20,23-24H,11-13H2,1-10H3,(H,30,34)/b21-19+/t23-,24-/m1/s1. The van der Waals surface area contributed by atoms with Crippen LogP contribution in [0.25, 0.3) is 0 Å². The van der Waals surface area contributed by atoms with Crippen LogP contribution in [-0.2, 0) is 24.5 Å². The van der Waals surface area contributed by atoms with Gasteiger partial charge < -0.3 is 15.0 Å². The van der Waals surface area contributed by atoms with Gasteiger partial charge in [-0.1, -0.05) is 84.9 Å². The number of nitrogens with zero attached hydrogens (tertiary/aromatic N) is 1. The first-order valence-corrected chi connectivity index (χ1v) is 12.7. The van der Waals surface area contributed by atoms with Crippen molar-refractivity contribution in [2.75, 3.05) is 13.7 Å². The number of carbonyl (C=O) groups excluding carboxylic acids is 3. The molecule has 1 rings (SSSR count). The van der Waals surface area contributed by atoms with E-state index >= 15 is 0 Å². The summed E-state index contributed by atoms with van der Waals surface area (Å²) in [6, 6.07) is 8.70. The molecular weight excluding hydrogens is 440 g/mol. The van der Waals surface area contributed by atoms with Crippen molar-refractivity contribution in [3.05, 3.63) is 47.5 Å². The number of nitrogens with one attached hydrogen (secondary N) is 1. The lowest BCUT2D eigenvalue weighted by atomic mass is 9.74. The van der Waals surface area contributed by atoms with Crippen molar-refractivity contribution in [2.24, 2.45) is 11.3 Å². The van der Waals surface area contributed by atoms with Crippen LogP contribution in [0.2, 0.25) is 0 Å². The topological polar surface area (TPSA) is 75.7 Å². The van der Waals surface area contributed by atoms with Gasteiger partial charge in [0.25, 0.3) is 0 Å². The molecule has 0 heterocycles. The fourth-order valence-electron chi connectivity index (χ4n) is 4.46. The van der Waals surface area contributed by atoms with Gasteiger partial charge in [-0.25, -0.2) is 4.79 Å². The monoisotopic (exact) mass is 486 g/mol. The lowest BCUT2D eigenvalue weighted by Gasteiger charge is -2.40. The first kappa shape index (κ1) is 30.4. The fourth-order valence-corrected chi connectivity index (χ4v) is 4.46. The summed E-state index contributed by atoms with van der Waals surface area (Å²) in [5.41, 5.74) is 0.166. The summed E-state index contributed by atoms with van der Waals surface area (Å²) >= 11 is 0. The minimum absolute atomic E-state index is 0.0549. The smallest absolute Gasteiger partial charge is 0.333 e. The molecule has 1 aromatic carbocycles. The highest BCUT2D eigenvalue weighted by Crippen LogP contribution is 2.33. The molecule has 6 nitrogen and oxygen atoms in total. The third kappa shape index (κ3) is 7.42. The van der Waals surface area contributed by atoms with Crippen molar-refractivity contribution in [3.8, 4) is 0 Å². The molecule has 1 aromatic rings. The molecule has 0 saturated carbocycles. The van der Waals surface area contributed by atoms with Gasteiger partial charge in [0.2, 0.25) is 11.8 Å². The number of carbonyl (C=O) groups is 3. The highest BCUT2D eigenvalue weighted by molar-refractivity contribution is 5.94. The van der Waals surface area contributed by atoms with Crippen molar-refractivity contribution in [1.29, 1.82) is 0 Å². The van der Waals surface area contributed by atoms with Crippen molar-refractivity contribution in [3.63, 3.8) is 0 Å². The molecule has 0 aliphatic carbocycles. The molecule has 35 heavy (non-hydrogen) atoms. The van der Waals surface area contributed by atoms with E-state index in [2.05, 4.69) is 5.32 Å². The van der Waals surface area contributed by atoms with Crippen LogP contribution >= 0.6 is 0 Å². The predicted octanol–water partition coefficient (Wildman–Crippen LogP) is 5.27. The maximum Gasteiger partial charge on any atom is 0.333 e. The molecule has 0 saturated heterocycles. The molecule has 0 aliphatic heterocycles. The van der Waals surface area contributed by atoms with E-state index in [9.17, 15) is 14.4 Å². The minimum atomic E-state index is -0.737. The summed E-state index contributed by atoms with van der Waals surface area (Å²) in [6.45, 7) is 17.6. The third-order valence-corrected chi connectivity index (χ3v) is 6.85. The van der Waals surface area contributed by atoms with E-state index in [1.54, 1.807) is 31.9 Å². The van der Waals surface area contributed by atoms with E-state index in [0.717, 1.165) is 5.56 Å². The molecule has 0 bridgehead atoms. The Morgan fingerprint density at radius 2 is 1.57 bits per heavy atom. The number of amides is 2. The lowest BCUT2D eigenvalue weighted by Crippen LogP contribution is -2.59. The Kier molecular flexibility index (Phi) is 11.2. The summed E-state index contributed by atoms with van der Waals surface area (Å²) < 4.78 is 5.12. The second-order valence-electron chi connectivity index (χ2n) is 10.7. The number of benzene rings is 1. The fraction of sp³-hybridized carbons (Fsp3) is 0.621. The second kappa shape index (κ2) is 12.9. The Labute approximate surface area is 212 Å². The number of esters is 1. The van der Waals surface area contributed by atoms with E-state index in [1.165, 1.54) is 0 Å². The van der Waals surface area contributed by atoms with Gasteiger partial charge in [-0.05, 0) is 43.6 Å². The van der Waals surface area contributed by atoms with Gasteiger partial charge in [0, 0.05) is 12.6 Å². The van der Waals surface area contributed by atoms with Gasteiger partial charge in [0.15, 0.2) is 0 Å². The molecule has 1 N–H and O–H groups in total. The van der Waals surface area contributed by atoms with Gasteiger partial charge in [-0.15, -0.1) is 0 Å². The SMILES string of the molecule is CCOC(=O)/C(C)=C/[C@H](C(C)C)N(C)C(=O)[C@@H](NC(=O)C(CC)(CC)c1ccccc1)C(C)(C)C. The van der Waals surface area contributed by atoms with Gasteiger partial charge in [-0.3, -0.25) is 9.59 Å². The van der Waals surface area contributed by atoms with E-state index in [1.807, 2.05) is 78.8 Å². The molecule has 196 valence electrons. The normalized spacial score (nSPS) is 14.3. The van der Waals surface area contributed by atoms with Crippen LogP contribution in [-0.4, -0.2) is 48.4 Å². The second-order valence-corrected chi connectivity index (χ2v) is 10.7. The first-order chi connectivity index (χ1) is 16.3. The molecular formula is C29H46N2O4. The molecule has 0 fully saturated rings. The number of hydrogen-bond acceptors (Lipinski definition) is 4. The van der Waals surface area contributed by atoms with Crippen molar-refractivity contribution in [2.45, 2.75) is 92.7 Å². The molecule has 0 unspecified atom stereocenters. The first-order valence-electron chi connectivity index (χ1n) is 12.7. The summed E-state index contributed by atoms with van der Waals surface area (Å²) in [6.07, 6.45) is 3.03. The maximum atomic E-state index is 13.9. The quantitative estimate of drug-likeness (QED) is 0.342. The van der Waals surface area contributed by atoms with Gasteiger partial charge in [0.05, 0.1) is 18.1 Å². The third-order valence-electron chi connectivity index (χ3n) is 6.85. The minimum Gasteiger partial charge on any atom is -0.463 e. The van der Waals surface area contributed by atoms with Crippen LogP contribution in [0.15, 0.2) is 42.0 Å². The van der Waals surface area contributed by atoms with Crippen LogP contribution in [0, 0.1) is 11.3 Å². The van der Waals surface area contributed by atoms with E-state index < -0.39 is 22.8 Å². The zero-order valence-corrected chi connectivity index (χ0v) is 23.4. The predicted molar refractivity (Wildman–Crippen MR) is 142 cm³/mol. The Morgan fingerprint density at radius 1 is 1.03 bits per heavy atom. The number of likely N-dealkylation sites (N-methyl/N-ethyl adjacent to an activating group) is 1. The van der Waals surface area contributed by atoms with E-state index in [-0.39, 0.29) is 23.8 Å². The molecule has 2 atom stereocenters. The summed E-state index contributed by atoms with van der Waals surface area (Å²) in [5.74, 6) is -0.668. The van der Waals surface area contributed by atoms with Crippen molar-refractivity contribution in [1.82, 2.24) is 10.2 Å². The average molecular weight is 487 g/mol. The van der Waals surface area contributed by atoms with Crippen LogP contribution in [0.1, 0.15) is 80.7 Å². The van der Waals surface area contributed by atoms with Gasteiger partial charge >= 0.3 is 5.97 Å².